The van der Waals surface area contributed by atoms with Crippen molar-refractivity contribution >= 4 is 19.3 Å². The molecular formula is C31H33BFNO5. The molecule has 1 saturated heterocycles. The number of carbonyl (C=O) groups is 1. The molecule has 0 radical (unpaired) electrons. The first-order chi connectivity index (χ1) is 18.6. The van der Waals surface area contributed by atoms with Crippen molar-refractivity contribution in [2.75, 3.05) is 20.3 Å². The van der Waals surface area contributed by atoms with Gasteiger partial charge in [-0.15, -0.1) is 0 Å². The van der Waals surface area contributed by atoms with Gasteiger partial charge in [0, 0.05) is 24.1 Å². The Morgan fingerprint density at radius 3 is 2.13 bits per heavy atom. The third-order valence-electron chi connectivity index (χ3n) is 7.89. The highest BCUT2D eigenvalue weighted by molar-refractivity contribution is 6.56. The van der Waals surface area contributed by atoms with Gasteiger partial charge in [-0.2, -0.15) is 0 Å². The van der Waals surface area contributed by atoms with E-state index in [2.05, 4.69) is 29.6 Å². The number of hydrogen-bond acceptors (Lipinski definition) is 5. The maximum absolute atomic E-state index is 14.8. The molecule has 1 aliphatic heterocycles. The van der Waals surface area contributed by atoms with Crippen molar-refractivity contribution in [1.82, 2.24) is 5.32 Å². The molecule has 0 unspecified atom stereocenters. The lowest BCUT2D eigenvalue weighted by atomic mass is 9.77. The van der Waals surface area contributed by atoms with Crippen molar-refractivity contribution in [3.63, 3.8) is 0 Å². The Hall–Kier alpha value is -3.62. The highest BCUT2D eigenvalue weighted by Crippen LogP contribution is 2.44. The van der Waals surface area contributed by atoms with Gasteiger partial charge in [-0.3, -0.25) is 0 Å². The Morgan fingerprint density at radius 2 is 1.56 bits per heavy atom. The van der Waals surface area contributed by atoms with Gasteiger partial charge >= 0.3 is 13.2 Å². The minimum atomic E-state index is -0.773. The lowest BCUT2D eigenvalue weighted by molar-refractivity contribution is 0.00578. The quantitative estimate of drug-likeness (QED) is 0.360. The zero-order chi connectivity index (χ0) is 27.8. The minimum absolute atomic E-state index is 0.0466. The normalized spacial score (nSPS) is 17.5. The number of nitrogens with one attached hydrogen (secondary N) is 1. The number of halogens is 1. The zero-order valence-electron chi connectivity index (χ0n) is 22.9. The zero-order valence-corrected chi connectivity index (χ0v) is 22.9. The summed E-state index contributed by atoms with van der Waals surface area (Å²) in [6.45, 7) is 8.02. The van der Waals surface area contributed by atoms with Crippen molar-refractivity contribution in [1.29, 1.82) is 0 Å². The second-order valence-corrected chi connectivity index (χ2v) is 10.9. The van der Waals surface area contributed by atoms with E-state index >= 15 is 0 Å². The van der Waals surface area contributed by atoms with Gasteiger partial charge in [0.05, 0.1) is 18.3 Å². The van der Waals surface area contributed by atoms with Crippen molar-refractivity contribution in [2.24, 2.45) is 0 Å². The van der Waals surface area contributed by atoms with E-state index in [1.807, 2.05) is 52.0 Å². The van der Waals surface area contributed by atoms with Gasteiger partial charge in [-0.25, -0.2) is 9.18 Å². The van der Waals surface area contributed by atoms with Crippen LogP contribution in [0.2, 0.25) is 0 Å². The molecule has 0 saturated carbocycles. The summed E-state index contributed by atoms with van der Waals surface area (Å²) >= 11 is 0. The molecule has 202 valence electrons. The van der Waals surface area contributed by atoms with Crippen molar-refractivity contribution < 1.29 is 28.0 Å². The first-order valence-electron chi connectivity index (χ1n) is 13.1. The fourth-order valence-corrected chi connectivity index (χ4v) is 4.97. The Bertz CT molecular complexity index is 1360. The molecule has 0 aromatic heterocycles. The van der Waals surface area contributed by atoms with Crippen LogP contribution in [0.15, 0.2) is 72.2 Å². The molecule has 0 spiro atoms. The minimum Gasteiger partial charge on any atom is -0.497 e. The van der Waals surface area contributed by atoms with E-state index in [0.717, 1.165) is 22.3 Å². The van der Waals surface area contributed by atoms with Gasteiger partial charge in [0.1, 0.15) is 18.2 Å². The fraction of sp³-hybridized carbons (Fsp3) is 0.323. The van der Waals surface area contributed by atoms with Gasteiger partial charge in [0.2, 0.25) is 0 Å². The van der Waals surface area contributed by atoms with E-state index in [4.69, 9.17) is 18.8 Å². The smallest absolute Gasteiger partial charge is 0.492 e. The average Bonchev–Trinajstić information content (AvgIpc) is 3.35. The molecule has 0 bridgehead atoms. The summed E-state index contributed by atoms with van der Waals surface area (Å²) in [6, 6.07) is 21.0. The van der Waals surface area contributed by atoms with Gasteiger partial charge in [-0.05, 0) is 67.6 Å². The SMILES string of the molecule is COc1ccc(C=C(CNC(=O)OCC2c3ccccc3-c3ccccc32)B2OC(C)(C)C(C)(C)O2)c(F)c1. The van der Waals surface area contributed by atoms with Crippen molar-refractivity contribution in [3.8, 4) is 16.9 Å². The summed E-state index contributed by atoms with van der Waals surface area (Å²) in [4.78, 5) is 12.9. The molecule has 6 nitrogen and oxygen atoms in total. The van der Waals surface area contributed by atoms with Crippen LogP contribution in [0.3, 0.4) is 0 Å². The molecule has 39 heavy (non-hydrogen) atoms. The van der Waals surface area contributed by atoms with Gasteiger partial charge in [-0.1, -0.05) is 54.6 Å². The summed E-state index contributed by atoms with van der Waals surface area (Å²) in [5.41, 5.74) is 4.29. The largest absolute Gasteiger partial charge is 0.497 e. The number of alkyl carbamates (subject to hydrolysis) is 1. The molecule has 0 atom stereocenters. The first-order valence-corrected chi connectivity index (χ1v) is 13.1. The fourth-order valence-electron chi connectivity index (χ4n) is 4.97. The third kappa shape index (κ3) is 5.31. The molecule has 8 heteroatoms. The van der Waals surface area contributed by atoms with E-state index in [1.165, 1.54) is 13.2 Å². The summed E-state index contributed by atoms with van der Waals surface area (Å²) in [6.07, 6.45) is 1.06. The van der Waals surface area contributed by atoms with Crippen LogP contribution in [0.4, 0.5) is 9.18 Å². The Kier molecular flexibility index (Phi) is 7.27. The molecule has 1 fully saturated rings. The van der Waals surface area contributed by atoms with Crippen LogP contribution in [0, 0.1) is 5.82 Å². The molecule has 1 aliphatic carbocycles. The second kappa shape index (κ2) is 10.5. The summed E-state index contributed by atoms with van der Waals surface area (Å²) in [7, 11) is 0.712. The molecule has 2 aliphatic rings. The van der Waals surface area contributed by atoms with Crippen LogP contribution in [0.1, 0.15) is 50.3 Å². The molecule has 3 aromatic rings. The number of amides is 1. The highest BCUT2D eigenvalue weighted by Gasteiger charge is 2.52. The molecule has 1 heterocycles. The van der Waals surface area contributed by atoms with E-state index in [9.17, 15) is 9.18 Å². The number of ether oxygens (including phenoxy) is 2. The lowest BCUT2D eigenvalue weighted by Crippen LogP contribution is -2.41. The van der Waals surface area contributed by atoms with Crippen LogP contribution in [-0.2, 0) is 14.0 Å². The second-order valence-electron chi connectivity index (χ2n) is 10.9. The summed E-state index contributed by atoms with van der Waals surface area (Å²) < 4.78 is 38.0. The highest BCUT2D eigenvalue weighted by atomic mass is 19.1. The Labute approximate surface area is 229 Å². The van der Waals surface area contributed by atoms with Crippen LogP contribution < -0.4 is 10.1 Å². The van der Waals surface area contributed by atoms with Gasteiger partial charge < -0.3 is 24.1 Å². The predicted octanol–water partition coefficient (Wildman–Crippen LogP) is 6.39. The van der Waals surface area contributed by atoms with Gasteiger partial charge in [0.25, 0.3) is 0 Å². The predicted molar refractivity (Wildman–Crippen MR) is 150 cm³/mol. The van der Waals surface area contributed by atoms with E-state index in [-0.39, 0.29) is 19.1 Å². The van der Waals surface area contributed by atoms with Crippen LogP contribution in [0.5, 0.6) is 5.75 Å². The van der Waals surface area contributed by atoms with E-state index in [1.54, 1.807) is 18.2 Å². The molecule has 1 N–H and O–H groups in total. The number of carbonyl (C=O) groups excluding carboxylic acids is 1. The standard InChI is InChI=1S/C31H33BFNO5/c1-30(2)31(3,4)39-32(38-30)21(16-20-14-15-22(36-5)17-28(20)33)18-34-29(35)37-19-27-25-12-8-6-10-23(25)24-11-7-9-13-26(24)27/h6-17,27H,18-19H2,1-5H3,(H,34,35). The lowest BCUT2D eigenvalue weighted by Gasteiger charge is -2.32. The van der Waals surface area contributed by atoms with Gasteiger partial charge in [0.15, 0.2) is 0 Å². The molecule has 1 amide bonds. The Morgan fingerprint density at radius 1 is 0.974 bits per heavy atom. The first kappa shape index (κ1) is 27.0. The van der Waals surface area contributed by atoms with Crippen LogP contribution in [-0.4, -0.2) is 44.7 Å². The Balaban J connectivity index is 1.31. The van der Waals surface area contributed by atoms with Crippen molar-refractivity contribution in [2.45, 2.75) is 44.8 Å². The number of benzene rings is 3. The van der Waals surface area contributed by atoms with E-state index in [0.29, 0.717) is 16.8 Å². The third-order valence-corrected chi connectivity index (χ3v) is 7.89. The molecular weight excluding hydrogens is 496 g/mol. The monoisotopic (exact) mass is 529 g/mol. The number of hydrogen-bond donors (Lipinski definition) is 1. The maximum Gasteiger partial charge on any atom is 0.492 e. The topological polar surface area (TPSA) is 66.0 Å². The number of rotatable bonds is 7. The van der Waals surface area contributed by atoms with E-state index < -0.39 is 30.2 Å². The maximum atomic E-state index is 14.8. The van der Waals surface area contributed by atoms with Crippen molar-refractivity contribution in [3.05, 3.63) is 94.7 Å². The van der Waals surface area contributed by atoms with Crippen LogP contribution in [0.25, 0.3) is 17.2 Å². The summed E-state index contributed by atoms with van der Waals surface area (Å²) in [5, 5.41) is 2.81. The number of methoxy groups -OCH3 is 1. The molecule has 5 rings (SSSR count). The van der Waals surface area contributed by atoms with Crippen LogP contribution >= 0.6 is 0 Å². The average molecular weight is 529 g/mol. The molecule has 3 aromatic carbocycles. The summed E-state index contributed by atoms with van der Waals surface area (Å²) in [5.74, 6) is -0.0854. The number of fused-ring (bicyclic) bond motifs is 3.